The number of sulfonamides is 1. The fourth-order valence-corrected chi connectivity index (χ4v) is 8.06. The van der Waals surface area contributed by atoms with Crippen molar-refractivity contribution in [2.24, 2.45) is 22.4 Å². The van der Waals surface area contributed by atoms with Crippen LogP contribution in [0, 0.1) is 17.3 Å². The molecule has 2 fully saturated rings. The maximum atomic E-state index is 12.8. The number of hydrogen-bond donors (Lipinski definition) is 1. The average molecular weight is 560 g/mol. The Labute approximate surface area is 234 Å². The summed E-state index contributed by atoms with van der Waals surface area (Å²) in [5.74, 6) is 1.04. The molecule has 0 radical (unpaired) electrons. The van der Waals surface area contributed by atoms with Gasteiger partial charge < -0.3 is 9.47 Å². The number of nitrogens with two attached hydrogens (primary N) is 1. The SMILES string of the molecule is C[C@]12CC[C@@H]3c4ccc(OC(=O)c5cccc(S(N)(=O)=O)c5)cc4CC[C@H]3[C@@H]1CC[C@@H]2OC(=O)c1ccccc1. The van der Waals surface area contributed by atoms with Crippen molar-refractivity contribution in [3.8, 4) is 5.75 Å². The van der Waals surface area contributed by atoms with Crippen molar-refractivity contribution in [1.82, 2.24) is 0 Å². The van der Waals surface area contributed by atoms with Crippen molar-refractivity contribution >= 4 is 22.0 Å². The van der Waals surface area contributed by atoms with Crippen molar-refractivity contribution < 1.29 is 27.5 Å². The Morgan fingerprint density at radius 2 is 1.65 bits per heavy atom. The molecule has 8 heteroatoms. The molecule has 208 valence electrons. The molecule has 5 atom stereocenters. The minimum Gasteiger partial charge on any atom is -0.458 e. The fourth-order valence-electron chi connectivity index (χ4n) is 7.51. The summed E-state index contributed by atoms with van der Waals surface area (Å²) in [6.45, 7) is 2.31. The van der Waals surface area contributed by atoms with Crippen LogP contribution >= 0.6 is 0 Å². The van der Waals surface area contributed by atoms with Gasteiger partial charge in [0.05, 0.1) is 16.0 Å². The molecule has 6 rings (SSSR count). The van der Waals surface area contributed by atoms with Crippen LogP contribution in [0.25, 0.3) is 0 Å². The number of carbonyl (C=O) groups is 2. The first-order chi connectivity index (χ1) is 19.1. The first-order valence-corrected chi connectivity index (χ1v) is 15.4. The van der Waals surface area contributed by atoms with Gasteiger partial charge in [-0.1, -0.05) is 37.3 Å². The van der Waals surface area contributed by atoms with Crippen LogP contribution in [0.15, 0.2) is 77.7 Å². The lowest BCUT2D eigenvalue weighted by atomic mass is 9.55. The summed E-state index contributed by atoms with van der Waals surface area (Å²) in [4.78, 5) is 25.5. The molecule has 0 bridgehead atoms. The Kier molecular flexibility index (Phi) is 6.79. The average Bonchev–Trinajstić information content (AvgIpc) is 3.28. The van der Waals surface area contributed by atoms with Crippen LogP contribution in [0.1, 0.15) is 76.8 Å². The third-order valence-corrected chi connectivity index (χ3v) is 10.4. The zero-order chi connectivity index (χ0) is 28.1. The molecule has 0 aliphatic heterocycles. The molecule has 0 heterocycles. The lowest BCUT2D eigenvalue weighted by Gasteiger charge is -2.50. The lowest BCUT2D eigenvalue weighted by molar-refractivity contribution is -0.0427. The van der Waals surface area contributed by atoms with E-state index in [0.717, 1.165) is 38.5 Å². The Balaban J connectivity index is 1.16. The van der Waals surface area contributed by atoms with Crippen molar-refractivity contribution in [1.29, 1.82) is 0 Å². The highest BCUT2D eigenvalue weighted by atomic mass is 32.2. The summed E-state index contributed by atoms with van der Waals surface area (Å²) in [7, 11) is -3.92. The van der Waals surface area contributed by atoms with E-state index in [4.69, 9.17) is 14.6 Å². The van der Waals surface area contributed by atoms with Crippen molar-refractivity contribution in [2.45, 2.75) is 62.4 Å². The Morgan fingerprint density at radius 1 is 0.875 bits per heavy atom. The molecular weight excluding hydrogens is 526 g/mol. The third kappa shape index (κ3) is 4.84. The standard InChI is InChI=1S/C32H33NO6S/c1-32-17-16-26-25-13-11-23(38-31(35)22-8-5-9-24(19-22)40(33,36)37)18-21(25)10-12-27(26)28(32)14-15-29(32)39-30(34)20-6-3-2-4-7-20/h2-9,11,13,18-19,26-29H,10,12,14-17H2,1H3,(H2,33,36,37)/t26-,27-,28+,29+,32+/m1/s1. The summed E-state index contributed by atoms with van der Waals surface area (Å²) in [5, 5.41) is 5.20. The largest absolute Gasteiger partial charge is 0.458 e. The number of aryl methyl sites for hydroxylation is 1. The highest BCUT2D eigenvalue weighted by molar-refractivity contribution is 7.89. The maximum Gasteiger partial charge on any atom is 0.343 e. The number of rotatable bonds is 5. The van der Waals surface area contributed by atoms with Crippen LogP contribution in [0.2, 0.25) is 0 Å². The van der Waals surface area contributed by atoms with E-state index in [-0.39, 0.29) is 27.9 Å². The summed E-state index contributed by atoms with van der Waals surface area (Å²) >= 11 is 0. The predicted molar refractivity (Wildman–Crippen MR) is 149 cm³/mol. The van der Waals surface area contributed by atoms with Gasteiger partial charge in [0.25, 0.3) is 0 Å². The van der Waals surface area contributed by atoms with Gasteiger partial charge in [-0.25, -0.2) is 23.1 Å². The van der Waals surface area contributed by atoms with E-state index < -0.39 is 16.0 Å². The second-order valence-corrected chi connectivity index (χ2v) is 13.2. The highest BCUT2D eigenvalue weighted by Crippen LogP contribution is 2.61. The van der Waals surface area contributed by atoms with E-state index >= 15 is 0 Å². The van der Waals surface area contributed by atoms with Crippen molar-refractivity contribution in [2.75, 3.05) is 0 Å². The van der Waals surface area contributed by atoms with Crippen LogP contribution in [0.5, 0.6) is 5.75 Å². The van der Waals surface area contributed by atoms with Gasteiger partial charge in [0.1, 0.15) is 11.9 Å². The van der Waals surface area contributed by atoms with E-state index in [0.29, 0.717) is 29.1 Å². The van der Waals surface area contributed by atoms with Crippen LogP contribution in [0.4, 0.5) is 0 Å². The highest BCUT2D eigenvalue weighted by Gasteiger charge is 2.56. The van der Waals surface area contributed by atoms with Crippen LogP contribution < -0.4 is 9.88 Å². The second-order valence-electron chi connectivity index (χ2n) is 11.6. The summed E-state index contributed by atoms with van der Waals surface area (Å²) < 4.78 is 35.0. The van der Waals surface area contributed by atoms with Gasteiger partial charge in [0.15, 0.2) is 0 Å². The molecule has 0 unspecified atom stereocenters. The van der Waals surface area contributed by atoms with Gasteiger partial charge in [0, 0.05) is 5.41 Å². The minimum atomic E-state index is -3.92. The normalized spacial score (nSPS) is 27.1. The fraction of sp³-hybridized carbons (Fsp3) is 0.375. The number of primary sulfonamides is 1. The Hall–Kier alpha value is -3.49. The van der Waals surface area contributed by atoms with Gasteiger partial charge in [-0.2, -0.15) is 0 Å². The molecule has 3 aromatic carbocycles. The molecule has 40 heavy (non-hydrogen) atoms. The molecule has 2 saturated carbocycles. The minimum absolute atomic E-state index is 0.0237. The number of benzene rings is 3. The number of ether oxygens (including phenoxy) is 2. The van der Waals surface area contributed by atoms with Gasteiger partial charge in [-0.05, 0) is 110 Å². The number of esters is 2. The Bertz CT molecular complexity index is 1570. The number of hydrogen-bond acceptors (Lipinski definition) is 6. The molecule has 3 aliphatic carbocycles. The maximum absolute atomic E-state index is 12.8. The molecule has 0 saturated heterocycles. The van der Waals surface area contributed by atoms with Crippen molar-refractivity contribution in [3.63, 3.8) is 0 Å². The molecule has 3 aliphatic rings. The van der Waals surface area contributed by atoms with E-state index in [1.807, 2.05) is 30.3 Å². The summed E-state index contributed by atoms with van der Waals surface area (Å²) in [6.07, 6.45) is 5.87. The molecule has 2 N–H and O–H groups in total. The third-order valence-electron chi connectivity index (χ3n) is 9.48. The van der Waals surface area contributed by atoms with Gasteiger partial charge in [-0.15, -0.1) is 0 Å². The van der Waals surface area contributed by atoms with E-state index in [2.05, 4.69) is 13.0 Å². The number of fused-ring (bicyclic) bond motifs is 5. The zero-order valence-corrected chi connectivity index (χ0v) is 23.2. The quantitative estimate of drug-likeness (QED) is 0.320. The monoisotopic (exact) mass is 559 g/mol. The van der Waals surface area contributed by atoms with E-state index in [1.165, 1.54) is 35.4 Å². The zero-order valence-electron chi connectivity index (χ0n) is 22.4. The van der Waals surface area contributed by atoms with E-state index in [1.54, 1.807) is 12.1 Å². The first kappa shape index (κ1) is 26.7. The van der Waals surface area contributed by atoms with Gasteiger partial charge in [0.2, 0.25) is 10.0 Å². The Morgan fingerprint density at radius 3 is 2.42 bits per heavy atom. The molecule has 0 aromatic heterocycles. The molecular formula is C32H33NO6S. The smallest absolute Gasteiger partial charge is 0.343 e. The van der Waals surface area contributed by atoms with Gasteiger partial charge in [-0.3, -0.25) is 0 Å². The number of carbonyl (C=O) groups excluding carboxylic acids is 2. The molecule has 0 amide bonds. The molecule has 7 nitrogen and oxygen atoms in total. The first-order valence-electron chi connectivity index (χ1n) is 13.9. The predicted octanol–water partition coefficient (Wildman–Crippen LogP) is 5.63. The van der Waals surface area contributed by atoms with Crippen LogP contribution in [-0.4, -0.2) is 26.5 Å². The van der Waals surface area contributed by atoms with Crippen LogP contribution in [0.3, 0.4) is 0 Å². The van der Waals surface area contributed by atoms with E-state index in [9.17, 15) is 18.0 Å². The van der Waals surface area contributed by atoms with Gasteiger partial charge >= 0.3 is 11.9 Å². The topological polar surface area (TPSA) is 113 Å². The molecule has 3 aromatic rings. The van der Waals surface area contributed by atoms with Crippen LogP contribution in [-0.2, 0) is 21.2 Å². The van der Waals surface area contributed by atoms with Crippen molar-refractivity contribution in [3.05, 3.63) is 95.1 Å². The summed E-state index contributed by atoms with van der Waals surface area (Å²) in [6, 6.07) is 20.6. The summed E-state index contributed by atoms with van der Waals surface area (Å²) in [5.41, 5.74) is 3.21. The molecule has 0 spiro atoms. The lowest BCUT2D eigenvalue weighted by Crippen LogP contribution is -2.45. The second kappa shape index (κ2) is 10.2.